The zero-order valence-electron chi connectivity index (χ0n) is 16.5. The third-order valence-electron chi connectivity index (χ3n) is 4.87. The molecule has 6 nitrogen and oxygen atoms in total. The Morgan fingerprint density at radius 2 is 1.93 bits per heavy atom. The highest BCUT2D eigenvalue weighted by Gasteiger charge is 2.22. The summed E-state index contributed by atoms with van der Waals surface area (Å²) in [4.78, 5) is 2.23. The van der Waals surface area contributed by atoms with Gasteiger partial charge in [-0.2, -0.15) is 0 Å². The second kappa shape index (κ2) is 9.07. The van der Waals surface area contributed by atoms with Crippen molar-refractivity contribution in [2.24, 2.45) is 0 Å². The van der Waals surface area contributed by atoms with Crippen molar-refractivity contribution in [1.29, 1.82) is 0 Å². The Morgan fingerprint density at radius 1 is 1.14 bits per heavy atom. The molecule has 1 aliphatic heterocycles. The highest BCUT2D eigenvalue weighted by Crippen LogP contribution is 2.33. The Labute approximate surface area is 179 Å². The molecule has 0 spiro atoms. The van der Waals surface area contributed by atoms with Crippen molar-refractivity contribution >= 4 is 29.3 Å². The average molecular weight is 431 g/mol. The predicted octanol–water partition coefficient (Wildman–Crippen LogP) is 4.37. The van der Waals surface area contributed by atoms with Crippen molar-refractivity contribution in [3.8, 4) is 11.4 Å². The lowest BCUT2D eigenvalue weighted by atomic mass is 10.2. The van der Waals surface area contributed by atoms with Crippen LogP contribution < -0.4 is 9.64 Å². The van der Waals surface area contributed by atoms with Gasteiger partial charge in [0.1, 0.15) is 5.75 Å². The van der Waals surface area contributed by atoms with Gasteiger partial charge in [0.25, 0.3) is 0 Å². The van der Waals surface area contributed by atoms with Crippen molar-refractivity contribution in [3.63, 3.8) is 0 Å². The van der Waals surface area contributed by atoms with Crippen LogP contribution in [-0.2, 0) is 10.5 Å². The van der Waals surface area contributed by atoms with Crippen LogP contribution in [0, 0.1) is 6.92 Å². The Kier molecular flexibility index (Phi) is 6.28. The van der Waals surface area contributed by atoms with Gasteiger partial charge < -0.3 is 14.4 Å². The van der Waals surface area contributed by atoms with Crippen LogP contribution in [0.15, 0.2) is 47.6 Å². The third kappa shape index (κ3) is 4.37. The summed E-state index contributed by atoms with van der Waals surface area (Å²) >= 11 is 7.81. The van der Waals surface area contributed by atoms with Gasteiger partial charge in [-0.3, -0.25) is 4.57 Å². The van der Waals surface area contributed by atoms with E-state index in [4.69, 9.17) is 21.1 Å². The van der Waals surface area contributed by atoms with E-state index >= 15 is 0 Å². The van der Waals surface area contributed by atoms with E-state index in [0.29, 0.717) is 24.0 Å². The van der Waals surface area contributed by atoms with Gasteiger partial charge in [0, 0.05) is 29.4 Å². The first-order valence-corrected chi connectivity index (χ1v) is 10.8. The van der Waals surface area contributed by atoms with Gasteiger partial charge in [-0.05, 0) is 36.8 Å². The van der Waals surface area contributed by atoms with Crippen LogP contribution in [0.1, 0.15) is 11.1 Å². The lowest BCUT2D eigenvalue weighted by Crippen LogP contribution is -2.38. The Hall–Kier alpha value is -2.22. The van der Waals surface area contributed by atoms with Gasteiger partial charge >= 0.3 is 0 Å². The first-order chi connectivity index (χ1) is 14.2. The third-order valence-corrected chi connectivity index (χ3v) is 6.08. The zero-order valence-corrected chi connectivity index (χ0v) is 18.0. The van der Waals surface area contributed by atoms with Crippen molar-refractivity contribution in [2.75, 3.05) is 38.3 Å². The fourth-order valence-electron chi connectivity index (χ4n) is 3.35. The van der Waals surface area contributed by atoms with E-state index in [0.717, 1.165) is 41.2 Å². The highest BCUT2D eigenvalue weighted by atomic mass is 35.5. The molecule has 0 atom stereocenters. The topological polar surface area (TPSA) is 52.4 Å². The second-order valence-corrected chi connectivity index (χ2v) is 8.13. The lowest BCUT2D eigenvalue weighted by molar-refractivity contribution is 0.122. The van der Waals surface area contributed by atoms with Crippen molar-refractivity contribution in [3.05, 3.63) is 58.6 Å². The summed E-state index contributed by atoms with van der Waals surface area (Å²) in [5, 5.41) is 10.6. The average Bonchev–Trinajstić information content (AvgIpc) is 3.17. The quantitative estimate of drug-likeness (QED) is 0.541. The van der Waals surface area contributed by atoms with Gasteiger partial charge in [-0.25, -0.2) is 0 Å². The van der Waals surface area contributed by atoms with Crippen LogP contribution in [0.25, 0.3) is 5.69 Å². The maximum atomic E-state index is 6.19. The number of morpholine rings is 1. The van der Waals surface area contributed by atoms with Crippen LogP contribution in [0.2, 0.25) is 5.02 Å². The van der Waals surface area contributed by atoms with Crippen LogP contribution in [0.4, 0.5) is 5.95 Å². The standard InChI is InChI=1S/C21H23ClN4O2S/c1-15-5-3-4-6-18(15)26-20(25-9-11-28-12-10-25)23-24-21(26)29-14-16-13-17(22)7-8-19(16)27-2/h3-8,13H,9-12,14H2,1-2H3. The number of rotatable bonds is 6. The number of methoxy groups -OCH3 is 1. The van der Waals surface area contributed by atoms with Crippen molar-refractivity contribution in [1.82, 2.24) is 14.8 Å². The number of aryl methyl sites for hydroxylation is 1. The van der Waals surface area contributed by atoms with Gasteiger partial charge in [-0.1, -0.05) is 41.6 Å². The number of hydrogen-bond acceptors (Lipinski definition) is 6. The summed E-state index contributed by atoms with van der Waals surface area (Å²) in [6.07, 6.45) is 0. The molecule has 0 radical (unpaired) electrons. The predicted molar refractivity (Wildman–Crippen MR) is 117 cm³/mol. The van der Waals surface area contributed by atoms with E-state index in [9.17, 15) is 0 Å². The number of aromatic nitrogens is 3. The highest BCUT2D eigenvalue weighted by molar-refractivity contribution is 7.98. The van der Waals surface area contributed by atoms with E-state index in [-0.39, 0.29) is 0 Å². The van der Waals surface area contributed by atoms with Crippen molar-refractivity contribution in [2.45, 2.75) is 17.8 Å². The van der Waals surface area contributed by atoms with E-state index in [1.807, 2.05) is 30.3 Å². The molecule has 0 bridgehead atoms. The maximum Gasteiger partial charge on any atom is 0.232 e. The van der Waals surface area contributed by atoms with E-state index in [2.05, 4.69) is 38.7 Å². The molecular weight excluding hydrogens is 408 g/mol. The summed E-state index contributed by atoms with van der Waals surface area (Å²) < 4.78 is 13.1. The van der Waals surface area contributed by atoms with E-state index < -0.39 is 0 Å². The summed E-state index contributed by atoms with van der Waals surface area (Å²) in [5.41, 5.74) is 3.28. The van der Waals surface area contributed by atoms with Gasteiger partial charge in [0.05, 0.1) is 26.0 Å². The number of benzene rings is 2. The van der Waals surface area contributed by atoms with Crippen LogP contribution >= 0.6 is 23.4 Å². The summed E-state index contributed by atoms with van der Waals surface area (Å²) in [5.74, 6) is 2.34. The molecular formula is C21H23ClN4O2S. The molecule has 4 rings (SSSR count). The SMILES string of the molecule is COc1ccc(Cl)cc1CSc1nnc(N2CCOCC2)n1-c1ccccc1C. The van der Waals surface area contributed by atoms with Gasteiger partial charge in [0.2, 0.25) is 5.95 Å². The number of thioether (sulfide) groups is 1. The Morgan fingerprint density at radius 3 is 2.69 bits per heavy atom. The summed E-state index contributed by atoms with van der Waals surface area (Å²) in [7, 11) is 1.67. The van der Waals surface area contributed by atoms with Crippen LogP contribution in [0.5, 0.6) is 5.75 Å². The van der Waals surface area contributed by atoms with Crippen LogP contribution in [-0.4, -0.2) is 48.2 Å². The number of halogens is 1. The molecule has 0 N–H and O–H groups in total. The normalized spacial score (nSPS) is 14.2. The second-order valence-electron chi connectivity index (χ2n) is 6.75. The minimum absolute atomic E-state index is 0.677. The first kappa shape index (κ1) is 20.1. The monoisotopic (exact) mass is 430 g/mol. The van der Waals surface area contributed by atoms with Crippen molar-refractivity contribution < 1.29 is 9.47 Å². The number of para-hydroxylation sites is 1. The van der Waals surface area contributed by atoms with Gasteiger partial charge in [0.15, 0.2) is 5.16 Å². The molecule has 0 amide bonds. The Balaban J connectivity index is 1.69. The maximum absolute atomic E-state index is 6.19. The molecule has 2 aromatic carbocycles. The number of anilines is 1. The van der Waals surface area contributed by atoms with Crippen LogP contribution in [0.3, 0.4) is 0 Å². The molecule has 29 heavy (non-hydrogen) atoms. The van der Waals surface area contributed by atoms with Gasteiger partial charge in [-0.15, -0.1) is 10.2 Å². The molecule has 0 saturated carbocycles. The summed E-state index contributed by atoms with van der Waals surface area (Å²) in [6.45, 7) is 5.10. The number of ether oxygens (including phenoxy) is 2. The molecule has 152 valence electrons. The molecule has 2 heterocycles. The summed E-state index contributed by atoms with van der Waals surface area (Å²) in [6, 6.07) is 14.0. The Bertz CT molecular complexity index is 989. The minimum atomic E-state index is 0.677. The van der Waals surface area contributed by atoms with E-state index in [1.54, 1.807) is 18.9 Å². The molecule has 0 unspecified atom stereocenters. The van der Waals surface area contributed by atoms with E-state index in [1.165, 1.54) is 5.56 Å². The lowest BCUT2D eigenvalue weighted by Gasteiger charge is -2.28. The number of hydrogen-bond donors (Lipinski definition) is 0. The smallest absolute Gasteiger partial charge is 0.232 e. The zero-order chi connectivity index (χ0) is 20.2. The first-order valence-electron chi connectivity index (χ1n) is 9.46. The number of nitrogens with zero attached hydrogens (tertiary/aromatic N) is 4. The fraction of sp³-hybridized carbons (Fsp3) is 0.333. The minimum Gasteiger partial charge on any atom is -0.496 e. The molecule has 3 aromatic rings. The molecule has 1 fully saturated rings. The molecule has 1 aliphatic rings. The molecule has 8 heteroatoms. The fourth-order valence-corrected chi connectivity index (χ4v) is 4.46. The largest absolute Gasteiger partial charge is 0.496 e. The molecule has 1 saturated heterocycles. The molecule has 1 aromatic heterocycles. The molecule has 0 aliphatic carbocycles.